The number of nitrogens with zero attached hydrogens (tertiary/aromatic N) is 1. The van der Waals surface area contributed by atoms with Gasteiger partial charge < -0.3 is 15.4 Å². The number of amides is 2. The fourth-order valence-corrected chi connectivity index (χ4v) is 1.99. The van der Waals surface area contributed by atoms with Gasteiger partial charge in [-0.2, -0.15) is 0 Å². The second-order valence-corrected chi connectivity index (χ2v) is 5.31. The predicted octanol–water partition coefficient (Wildman–Crippen LogP) is 4.57. The van der Waals surface area contributed by atoms with E-state index in [0.29, 0.717) is 23.0 Å². The number of halogens is 1. The normalized spacial score (nSPS) is 10.1. The molecule has 8 heteroatoms. The number of urea groups is 1. The summed E-state index contributed by atoms with van der Waals surface area (Å²) in [6.45, 7) is 2.44. The van der Waals surface area contributed by atoms with Crippen LogP contribution < -0.4 is 15.4 Å². The lowest BCUT2D eigenvalue weighted by molar-refractivity contribution is -0.385. The van der Waals surface area contributed by atoms with E-state index in [-0.39, 0.29) is 11.4 Å². The van der Waals surface area contributed by atoms with Gasteiger partial charge in [-0.3, -0.25) is 10.1 Å². The smallest absolute Gasteiger partial charge is 0.319 e. The molecule has 2 aromatic carbocycles. The number of rotatable bonds is 6. The third-order valence-corrected chi connectivity index (χ3v) is 3.24. The maximum Gasteiger partial charge on any atom is 0.319 e. The van der Waals surface area contributed by atoms with E-state index in [1.54, 1.807) is 24.3 Å². The molecule has 0 aliphatic heterocycles. The summed E-state index contributed by atoms with van der Waals surface area (Å²) in [6.07, 6.45) is 0.793. The molecule has 2 aromatic rings. The number of carbonyl (C=O) groups excluding carboxylic acids is 1. The molecule has 0 saturated carbocycles. The monoisotopic (exact) mass is 349 g/mol. The third-order valence-electron chi connectivity index (χ3n) is 2.99. The Morgan fingerprint density at radius 3 is 2.58 bits per heavy atom. The second-order valence-electron chi connectivity index (χ2n) is 4.88. The fourth-order valence-electron chi connectivity index (χ4n) is 1.87. The van der Waals surface area contributed by atoms with Crippen molar-refractivity contribution >= 4 is 29.0 Å². The van der Waals surface area contributed by atoms with Crippen LogP contribution in [0.4, 0.5) is 16.2 Å². The van der Waals surface area contributed by atoms with Crippen LogP contribution in [-0.4, -0.2) is 17.5 Å². The molecular formula is C16H16ClN3O4. The highest BCUT2D eigenvalue weighted by Gasteiger charge is 2.17. The highest BCUT2D eigenvalue weighted by Crippen LogP contribution is 2.34. The third kappa shape index (κ3) is 4.85. The van der Waals surface area contributed by atoms with Crippen molar-refractivity contribution in [3.8, 4) is 11.5 Å². The van der Waals surface area contributed by atoms with Gasteiger partial charge in [-0.15, -0.1) is 0 Å². The Balaban J connectivity index is 2.18. The summed E-state index contributed by atoms with van der Waals surface area (Å²) in [7, 11) is 0. The highest BCUT2D eigenvalue weighted by atomic mass is 35.5. The Bertz CT molecular complexity index is 735. The molecule has 0 atom stereocenters. The van der Waals surface area contributed by atoms with Gasteiger partial charge >= 0.3 is 11.7 Å². The molecule has 7 nitrogen and oxygen atoms in total. The van der Waals surface area contributed by atoms with Crippen molar-refractivity contribution in [1.29, 1.82) is 0 Å². The number of nitrogens with one attached hydrogen (secondary N) is 2. The molecule has 2 amide bonds. The van der Waals surface area contributed by atoms with E-state index in [2.05, 4.69) is 10.6 Å². The van der Waals surface area contributed by atoms with Gasteiger partial charge in [0.05, 0.1) is 4.92 Å². The van der Waals surface area contributed by atoms with Crippen LogP contribution in [0.2, 0.25) is 5.02 Å². The van der Waals surface area contributed by atoms with E-state index in [4.69, 9.17) is 16.3 Å². The van der Waals surface area contributed by atoms with Crippen molar-refractivity contribution in [2.75, 3.05) is 11.9 Å². The van der Waals surface area contributed by atoms with Crippen LogP contribution in [0.25, 0.3) is 0 Å². The number of nitro groups is 1. The maximum absolute atomic E-state index is 11.6. The van der Waals surface area contributed by atoms with Crippen molar-refractivity contribution in [1.82, 2.24) is 5.32 Å². The standard InChI is InChI=1S/C16H16ClN3O4/c1-2-9-18-16(21)19-12-5-8-15(14(10-12)20(22)23)24-13-6-3-11(17)4-7-13/h3-8,10H,2,9H2,1H3,(H2,18,19,21). The Labute approximate surface area is 143 Å². The molecular weight excluding hydrogens is 334 g/mol. The Hall–Kier alpha value is -2.80. The molecule has 24 heavy (non-hydrogen) atoms. The first-order chi connectivity index (χ1) is 11.5. The molecule has 0 aliphatic rings. The molecule has 126 valence electrons. The molecule has 2 rings (SSSR count). The largest absolute Gasteiger partial charge is 0.450 e. The molecule has 0 saturated heterocycles. The van der Waals surface area contributed by atoms with Crippen LogP contribution in [0.5, 0.6) is 11.5 Å². The lowest BCUT2D eigenvalue weighted by Gasteiger charge is -2.09. The van der Waals surface area contributed by atoms with Crippen LogP contribution in [-0.2, 0) is 0 Å². The first-order valence-corrected chi connectivity index (χ1v) is 7.64. The topological polar surface area (TPSA) is 93.5 Å². The quantitative estimate of drug-likeness (QED) is 0.590. The Morgan fingerprint density at radius 2 is 1.96 bits per heavy atom. The molecule has 0 aromatic heterocycles. The summed E-state index contributed by atoms with van der Waals surface area (Å²) in [6, 6.07) is 10.3. The van der Waals surface area contributed by atoms with Crippen LogP contribution >= 0.6 is 11.6 Å². The molecule has 0 aliphatic carbocycles. The SMILES string of the molecule is CCCNC(=O)Nc1ccc(Oc2ccc(Cl)cc2)c([N+](=O)[O-])c1. The number of hydrogen-bond acceptors (Lipinski definition) is 4. The fraction of sp³-hybridized carbons (Fsp3) is 0.188. The van der Waals surface area contributed by atoms with E-state index in [1.807, 2.05) is 6.92 Å². The zero-order valence-electron chi connectivity index (χ0n) is 12.9. The van der Waals surface area contributed by atoms with Gasteiger partial charge in [0.25, 0.3) is 0 Å². The summed E-state index contributed by atoms with van der Waals surface area (Å²) in [4.78, 5) is 22.3. The van der Waals surface area contributed by atoms with Gasteiger partial charge in [0.1, 0.15) is 5.75 Å². The van der Waals surface area contributed by atoms with Crippen LogP contribution in [0.3, 0.4) is 0 Å². The molecule has 0 unspecified atom stereocenters. The second kappa shape index (κ2) is 8.16. The Morgan fingerprint density at radius 1 is 1.25 bits per heavy atom. The van der Waals surface area contributed by atoms with Gasteiger partial charge in [0.15, 0.2) is 0 Å². The number of carbonyl (C=O) groups is 1. The summed E-state index contributed by atoms with van der Waals surface area (Å²) >= 11 is 5.79. The summed E-state index contributed by atoms with van der Waals surface area (Å²) in [5, 5.41) is 17.0. The van der Waals surface area contributed by atoms with E-state index >= 15 is 0 Å². The lowest BCUT2D eigenvalue weighted by atomic mass is 10.2. The predicted molar refractivity (Wildman–Crippen MR) is 91.9 cm³/mol. The van der Waals surface area contributed by atoms with E-state index in [1.165, 1.54) is 18.2 Å². The number of benzene rings is 2. The number of anilines is 1. The highest BCUT2D eigenvalue weighted by molar-refractivity contribution is 6.30. The van der Waals surface area contributed by atoms with Crippen molar-refractivity contribution in [3.63, 3.8) is 0 Å². The first-order valence-electron chi connectivity index (χ1n) is 7.26. The number of nitro benzene ring substituents is 1. The molecule has 2 N–H and O–H groups in total. The maximum atomic E-state index is 11.6. The van der Waals surface area contributed by atoms with E-state index < -0.39 is 11.0 Å². The van der Waals surface area contributed by atoms with E-state index in [0.717, 1.165) is 6.42 Å². The van der Waals surface area contributed by atoms with Gasteiger partial charge in [0, 0.05) is 23.3 Å². The number of hydrogen-bond donors (Lipinski definition) is 2. The molecule has 0 spiro atoms. The average Bonchev–Trinajstić information content (AvgIpc) is 2.56. The van der Waals surface area contributed by atoms with Crippen molar-refractivity contribution < 1.29 is 14.5 Å². The first kappa shape index (κ1) is 17.6. The van der Waals surface area contributed by atoms with Crippen LogP contribution in [0, 0.1) is 10.1 Å². The molecule has 0 bridgehead atoms. The van der Waals surface area contributed by atoms with Crippen molar-refractivity contribution in [2.45, 2.75) is 13.3 Å². The van der Waals surface area contributed by atoms with Gasteiger partial charge in [-0.1, -0.05) is 18.5 Å². The minimum Gasteiger partial charge on any atom is -0.450 e. The zero-order chi connectivity index (χ0) is 17.5. The van der Waals surface area contributed by atoms with Gasteiger partial charge in [0.2, 0.25) is 5.75 Å². The minimum absolute atomic E-state index is 0.0711. The van der Waals surface area contributed by atoms with Crippen molar-refractivity contribution in [2.24, 2.45) is 0 Å². The summed E-state index contributed by atoms with van der Waals surface area (Å²) in [5.74, 6) is 0.491. The summed E-state index contributed by atoms with van der Waals surface area (Å²) < 4.78 is 5.52. The average molecular weight is 350 g/mol. The Kier molecular flexibility index (Phi) is 5.97. The van der Waals surface area contributed by atoms with Gasteiger partial charge in [-0.05, 0) is 42.8 Å². The zero-order valence-corrected chi connectivity index (χ0v) is 13.7. The molecule has 0 fully saturated rings. The van der Waals surface area contributed by atoms with Gasteiger partial charge in [-0.25, -0.2) is 4.79 Å². The summed E-state index contributed by atoms with van der Waals surface area (Å²) in [5.41, 5.74) is 0.0528. The van der Waals surface area contributed by atoms with Crippen LogP contribution in [0.15, 0.2) is 42.5 Å². The minimum atomic E-state index is -0.569. The van der Waals surface area contributed by atoms with Crippen molar-refractivity contribution in [3.05, 3.63) is 57.6 Å². The molecule has 0 radical (unpaired) electrons. The van der Waals surface area contributed by atoms with Crippen LogP contribution in [0.1, 0.15) is 13.3 Å². The lowest BCUT2D eigenvalue weighted by Crippen LogP contribution is -2.29. The number of ether oxygens (including phenoxy) is 1. The van der Waals surface area contributed by atoms with E-state index in [9.17, 15) is 14.9 Å². The molecule has 0 heterocycles.